The molecule has 2 fully saturated rings. The molecule has 1 saturated carbocycles. The first-order valence-corrected chi connectivity index (χ1v) is 9.42. The summed E-state index contributed by atoms with van der Waals surface area (Å²) in [6.45, 7) is 1.13. The highest BCUT2D eigenvalue weighted by molar-refractivity contribution is 5.97. The van der Waals surface area contributed by atoms with E-state index in [1.165, 1.54) is 6.07 Å². The molecule has 1 aromatic carbocycles. The smallest absolute Gasteiger partial charge is 0.296 e. The van der Waals surface area contributed by atoms with E-state index < -0.39 is 4.92 Å². The number of aromatic nitrogens is 2. The number of nitrogens with zero attached hydrogens (tertiary/aromatic N) is 4. The van der Waals surface area contributed by atoms with Crippen LogP contribution in [0.4, 0.5) is 17.1 Å². The second-order valence-corrected chi connectivity index (χ2v) is 7.46. The molecule has 2 aromatic rings. The summed E-state index contributed by atoms with van der Waals surface area (Å²) in [5.74, 6) is 2.14. The van der Waals surface area contributed by atoms with Crippen LogP contribution in [0.5, 0.6) is 5.75 Å². The first kappa shape index (κ1) is 17.0. The van der Waals surface area contributed by atoms with Gasteiger partial charge in [0.25, 0.3) is 11.6 Å². The Labute approximate surface area is 160 Å². The number of hydrogen-bond donors (Lipinski definition) is 1. The monoisotopic (exact) mass is 385 g/mol. The number of anilines is 2. The van der Waals surface area contributed by atoms with Gasteiger partial charge in [-0.15, -0.1) is 0 Å². The van der Waals surface area contributed by atoms with E-state index in [1.54, 1.807) is 6.07 Å². The van der Waals surface area contributed by atoms with Gasteiger partial charge in [-0.3, -0.25) is 14.9 Å². The van der Waals surface area contributed by atoms with E-state index in [0.29, 0.717) is 36.1 Å². The summed E-state index contributed by atoms with van der Waals surface area (Å²) in [5, 5.41) is 18.4. The third-order valence-electron chi connectivity index (χ3n) is 5.49. The van der Waals surface area contributed by atoms with Crippen molar-refractivity contribution in [2.45, 2.75) is 37.5 Å². The highest BCUT2D eigenvalue weighted by atomic mass is 16.6. The zero-order chi connectivity index (χ0) is 19.3. The average Bonchev–Trinajstić information content (AvgIpc) is 3.44. The number of hydrogen-bond acceptors (Lipinski definition) is 8. The van der Waals surface area contributed by atoms with Gasteiger partial charge in [0.15, 0.2) is 18.2 Å². The zero-order valence-electron chi connectivity index (χ0n) is 15.1. The molecule has 3 aliphatic rings. The molecule has 1 amide bonds. The Bertz CT molecular complexity index is 946. The first-order chi connectivity index (χ1) is 13.6. The van der Waals surface area contributed by atoms with E-state index >= 15 is 0 Å². The van der Waals surface area contributed by atoms with E-state index in [1.807, 2.05) is 4.90 Å². The molecule has 146 valence electrons. The van der Waals surface area contributed by atoms with E-state index in [9.17, 15) is 14.9 Å². The Kier molecular flexibility index (Phi) is 3.92. The highest BCUT2D eigenvalue weighted by Crippen LogP contribution is 2.42. The normalized spacial score (nSPS) is 19.7. The quantitative estimate of drug-likeness (QED) is 0.629. The Morgan fingerprint density at radius 1 is 1.18 bits per heavy atom. The molecular weight excluding hydrogens is 366 g/mol. The van der Waals surface area contributed by atoms with Crippen LogP contribution < -0.4 is 15.0 Å². The lowest BCUT2D eigenvalue weighted by Gasteiger charge is -2.32. The van der Waals surface area contributed by atoms with Crippen LogP contribution in [0.25, 0.3) is 0 Å². The molecule has 0 atom stereocenters. The van der Waals surface area contributed by atoms with Gasteiger partial charge >= 0.3 is 0 Å². The van der Waals surface area contributed by atoms with Crippen LogP contribution in [0, 0.1) is 10.1 Å². The van der Waals surface area contributed by atoms with Crippen molar-refractivity contribution < 1.29 is 19.0 Å². The molecule has 1 N–H and O–H groups in total. The Morgan fingerprint density at radius 3 is 2.68 bits per heavy atom. The number of carbonyl (C=O) groups excluding carboxylic acids is 1. The largest absolute Gasteiger partial charge is 0.481 e. The summed E-state index contributed by atoms with van der Waals surface area (Å²) in [5.41, 5.74) is 0.926. The summed E-state index contributed by atoms with van der Waals surface area (Å²) < 4.78 is 10.7. The number of carbonyl (C=O) groups is 1. The number of ether oxygens (including phenoxy) is 1. The van der Waals surface area contributed by atoms with Crippen LogP contribution in [0.3, 0.4) is 0 Å². The number of nitrogens with one attached hydrogen (secondary N) is 1. The molecule has 1 saturated heterocycles. The first-order valence-electron chi connectivity index (χ1n) is 9.42. The number of amides is 1. The molecule has 28 heavy (non-hydrogen) atoms. The van der Waals surface area contributed by atoms with Crippen molar-refractivity contribution in [3.05, 3.63) is 34.0 Å². The number of nitro benzene ring substituents is 1. The van der Waals surface area contributed by atoms with Crippen molar-refractivity contribution in [3.8, 4) is 5.75 Å². The van der Waals surface area contributed by atoms with Gasteiger partial charge < -0.3 is 19.5 Å². The Morgan fingerprint density at radius 2 is 1.96 bits per heavy atom. The van der Waals surface area contributed by atoms with E-state index in [4.69, 9.17) is 9.26 Å². The summed E-state index contributed by atoms with van der Waals surface area (Å²) in [7, 11) is 0. The summed E-state index contributed by atoms with van der Waals surface area (Å²) in [4.78, 5) is 29.2. The average molecular weight is 385 g/mol. The molecule has 10 heteroatoms. The molecule has 3 heterocycles. The van der Waals surface area contributed by atoms with E-state index in [2.05, 4.69) is 15.5 Å². The lowest BCUT2D eigenvalue weighted by molar-refractivity contribution is -0.384. The van der Waals surface area contributed by atoms with Gasteiger partial charge in [-0.25, -0.2) is 0 Å². The molecule has 5 rings (SSSR count). The standard InChI is InChI=1S/C18H19N5O5/c24-16-9-27-15-8-14(23(25)26)13(7-12(15)19-16)22-5-3-10(4-6-22)17-20-18(28-21-17)11-1-2-11/h7-8,10-11H,1-6,9H2,(H,19,24). The number of rotatable bonds is 4. The summed E-state index contributed by atoms with van der Waals surface area (Å²) in [6.07, 6.45) is 3.78. The Balaban J connectivity index is 1.35. The minimum absolute atomic E-state index is 0.0241. The van der Waals surface area contributed by atoms with E-state index in [0.717, 1.165) is 37.4 Å². The van der Waals surface area contributed by atoms with Gasteiger partial charge in [0.05, 0.1) is 16.7 Å². The van der Waals surface area contributed by atoms with Crippen LogP contribution in [-0.4, -0.2) is 40.7 Å². The molecule has 0 bridgehead atoms. The van der Waals surface area contributed by atoms with Crippen molar-refractivity contribution >= 4 is 23.0 Å². The maximum atomic E-state index is 11.6. The molecule has 0 radical (unpaired) electrons. The van der Waals surface area contributed by atoms with E-state index in [-0.39, 0.29) is 24.1 Å². The van der Waals surface area contributed by atoms with Gasteiger partial charge in [0.1, 0.15) is 5.69 Å². The van der Waals surface area contributed by atoms with Crippen molar-refractivity contribution in [2.24, 2.45) is 0 Å². The van der Waals surface area contributed by atoms with Crippen LogP contribution in [0.1, 0.15) is 49.2 Å². The lowest BCUT2D eigenvalue weighted by Crippen LogP contribution is -2.34. The third kappa shape index (κ3) is 3.04. The van der Waals surface area contributed by atoms with Gasteiger partial charge in [-0.05, 0) is 31.7 Å². The van der Waals surface area contributed by atoms with Crippen LogP contribution in [-0.2, 0) is 4.79 Å². The summed E-state index contributed by atoms with van der Waals surface area (Å²) >= 11 is 0. The molecule has 2 aliphatic heterocycles. The highest BCUT2D eigenvalue weighted by Gasteiger charge is 2.33. The molecule has 1 aromatic heterocycles. The van der Waals surface area contributed by atoms with Crippen LogP contribution >= 0.6 is 0 Å². The number of benzene rings is 1. The molecule has 1 aliphatic carbocycles. The van der Waals surface area contributed by atoms with Gasteiger partial charge in [-0.2, -0.15) is 4.98 Å². The maximum absolute atomic E-state index is 11.6. The zero-order valence-corrected chi connectivity index (χ0v) is 15.1. The van der Waals surface area contributed by atoms with Crippen LogP contribution in [0.15, 0.2) is 16.7 Å². The number of fused-ring (bicyclic) bond motifs is 1. The van der Waals surface area contributed by atoms with Gasteiger partial charge in [0, 0.05) is 24.9 Å². The SMILES string of the molecule is O=C1COc2cc([N+](=O)[O-])c(N3CCC(c4noc(C5CC5)n4)CC3)cc2N1. The van der Waals surface area contributed by atoms with Crippen molar-refractivity contribution in [1.29, 1.82) is 0 Å². The minimum atomic E-state index is -0.414. The molecule has 0 unspecified atom stereocenters. The predicted octanol–water partition coefficient (Wildman–Crippen LogP) is 2.57. The predicted molar refractivity (Wildman–Crippen MR) is 97.7 cm³/mol. The fraction of sp³-hybridized carbons (Fsp3) is 0.500. The number of piperidine rings is 1. The maximum Gasteiger partial charge on any atom is 0.296 e. The topological polar surface area (TPSA) is 124 Å². The summed E-state index contributed by atoms with van der Waals surface area (Å²) in [6, 6.07) is 3.02. The second-order valence-electron chi connectivity index (χ2n) is 7.46. The van der Waals surface area contributed by atoms with Crippen molar-refractivity contribution in [2.75, 3.05) is 29.9 Å². The fourth-order valence-electron chi connectivity index (χ4n) is 3.79. The second kappa shape index (κ2) is 6.47. The van der Waals surface area contributed by atoms with Gasteiger partial charge in [0.2, 0.25) is 5.89 Å². The molecule has 10 nitrogen and oxygen atoms in total. The number of nitro groups is 1. The third-order valence-corrected chi connectivity index (χ3v) is 5.49. The van der Waals surface area contributed by atoms with Crippen molar-refractivity contribution in [3.63, 3.8) is 0 Å². The fourth-order valence-corrected chi connectivity index (χ4v) is 3.79. The van der Waals surface area contributed by atoms with Crippen LogP contribution in [0.2, 0.25) is 0 Å². The minimum Gasteiger partial charge on any atom is -0.481 e. The van der Waals surface area contributed by atoms with Gasteiger partial charge in [-0.1, -0.05) is 5.16 Å². The molecular formula is C18H19N5O5. The molecule has 0 spiro atoms. The lowest BCUT2D eigenvalue weighted by atomic mass is 9.95. The van der Waals surface area contributed by atoms with Crippen molar-refractivity contribution in [1.82, 2.24) is 10.1 Å². The Hall–Kier alpha value is -3.17.